The topological polar surface area (TPSA) is 26.0 Å². The maximum atomic E-state index is 5.45. The van der Waals surface area contributed by atoms with Crippen LogP contribution in [0.5, 0.6) is 0 Å². The van der Waals surface area contributed by atoms with Gasteiger partial charge in [0.1, 0.15) is 0 Å². The molecule has 1 heteroatoms. The van der Waals surface area contributed by atoms with E-state index in [-0.39, 0.29) is 0 Å². The molecule has 0 aromatic heterocycles. The number of hydrogen-bond acceptors (Lipinski definition) is 1. The van der Waals surface area contributed by atoms with Gasteiger partial charge in [-0.05, 0) is 25.8 Å². The predicted octanol–water partition coefficient (Wildman–Crippen LogP) is 7.54. The van der Waals surface area contributed by atoms with E-state index in [9.17, 15) is 0 Å². The molecule has 0 aliphatic carbocycles. The zero-order valence-electron chi connectivity index (χ0n) is 16.2. The number of allylic oxidation sites excluding steroid dienone is 1. The van der Waals surface area contributed by atoms with Gasteiger partial charge in [0.2, 0.25) is 0 Å². The largest absolute Gasteiger partial charge is 0.330 e. The van der Waals surface area contributed by atoms with E-state index in [0.29, 0.717) is 0 Å². The Morgan fingerprint density at radius 3 is 1.22 bits per heavy atom. The molecule has 138 valence electrons. The van der Waals surface area contributed by atoms with Gasteiger partial charge in [0, 0.05) is 0 Å². The van der Waals surface area contributed by atoms with Crippen molar-refractivity contribution in [1.82, 2.24) is 0 Å². The molecule has 0 bridgehead atoms. The number of hydrogen-bond donors (Lipinski definition) is 1. The van der Waals surface area contributed by atoms with Crippen LogP contribution in [-0.2, 0) is 0 Å². The third-order valence-corrected chi connectivity index (χ3v) is 4.72. The third-order valence-electron chi connectivity index (χ3n) is 4.72. The predicted molar refractivity (Wildman–Crippen MR) is 107 cm³/mol. The molecule has 0 spiro atoms. The van der Waals surface area contributed by atoms with Crippen molar-refractivity contribution in [2.24, 2.45) is 5.73 Å². The van der Waals surface area contributed by atoms with E-state index in [1.807, 2.05) is 0 Å². The van der Waals surface area contributed by atoms with E-state index < -0.39 is 0 Å². The summed E-state index contributed by atoms with van der Waals surface area (Å²) in [5, 5.41) is 0. The average molecular weight is 324 g/mol. The Morgan fingerprint density at radius 1 is 0.478 bits per heavy atom. The van der Waals surface area contributed by atoms with Crippen molar-refractivity contribution in [2.75, 3.05) is 6.54 Å². The molecule has 0 heterocycles. The van der Waals surface area contributed by atoms with Crippen LogP contribution >= 0.6 is 0 Å². The lowest BCUT2D eigenvalue weighted by Gasteiger charge is -2.03. The van der Waals surface area contributed by atoms with Crippen molar-refractivity contribution in [3.8, 4) is 0 Å². The summed E-state index contributed by atoms with van der Waals surface area (Å²) < 4.78 is 0. The van der Waals surface area contributed by atoms with E-state index in [2.05, 4.69) is 19.1 Å². The van der Waals surface area contributed by atoms with Crippen LogP contribution < -0.4 is 5.73 Å². The highest BCUT2D eigenvalue weighted by atomic mass is 14.5. The van der Waals surface area contributed by atoms with Gasteiger partial charge in [0.05, 0.1) is 0 Å². The molecule has 0 aromatic rings. The fraction of sp³-hybridized carbons (Fsp3) is 0.909. The molecule has 0 rings (SSSR count). The van der Waals surface area contributed by atoms with Crippen LogP contribution in [0.1, 0.15) is 122 Å². The maximum absolute atomic E-state index is 5.45. The van der Waals surface area contributed by atoms with Gasteiger partial charge in [-0.2, -0.15) is 0 Å². The quantitative estimate of drug-likeness (QED) is 0.193. The molecule has 0 atom stereocenters. The molecule has 2 N–H and O–H groups in total. The van der Waals surface area contributed by atoms with E-state index in [0.717, 1.165) is 13.0 Å². The summed E-state index contributed by atoms with van der Waals surface area (Å²) in [5.41, 5.74) is 5.45. The van der Waals surface area contributed by atoms with Crippen molar-refractivity contribution in [3.05, 3.63) is 12.2 Å². The summed E-state index contributed by atoms with van der Waals surface area (Å²) in [5.74, 6) is 0. The number of nitrogens with two attached hydrogens (primary N) is 1. The molecule has 0 aromatic carbocycles. The van der Waals surface area contributed by atoms with Crippen molar-refractivity contribution >= 4 is 0 Å². The summed E-state index contributed by atoms with van der Waals surface area (Å²) in [7, 11) is 0. The standard InChI is InChI=1S/C22H45N/c1-2-3-4-5-6-7-8-9-10-11-12-13-14-15-16-17-18-19-20-21-22-23/h19-20H,2-18,21-23H2,1H3. The van der Waals surface area contributed by atoms with Crippen molar-refractivity contribution in [1.29, 1.82) is 0 Å². The van der Waals surface area contributed by atoms with Gasteiger partial charge in [-0.1, -0.05) is 115 Å². The molecule has 0 radical (unpaired) electrons. The Morgan fingerprint density at radius 2 is 0.826 bits per heavy atom. The zero-order chi connectivity index (χ0) is 16.8. The lowest BCUT2D eigenvalue weighted by Crippen LogP contribution is -1.94. The van der Waals surface area contributed by atoms with Gasteiger partial charge in [-0.15, -0.1) is 0 Å². The summed E-state index contributed by atoms with van der Waals surface area (Å²) in [6.45, 7) is 3.08. The first-order chi connectivity index (χ1) is 11.4. The van der Waals surface area contributed by atoms with Crippen molar-refractivity contribution in [3.63, 3.8) is 0 Å². The zero-order valence-corrected chi connectivity index (χ0v) is 16.2. The second-order valence-corrected chi connectivity index (χ2v) is 7.14. The monoisotopic (exact) mass is 323 g/mol. The van der Waals surface area contributed by atoms with Gasteiger partial charge >= 0.3 is 0 Å². The van der Waals surface area contributed by atoms with Gasteiger partial charge in [-0.3, -0.25) is 0 Å². The molecular weight excluding hydrogens is 278 g/mol. The number of rotatable bonds is 19. The molecule has 0 aliphatic rings. The second-order valence-electron chi connectivity index (χ2n) is 7.14. The average Bonchev–Trinajstić information content (AvgIpc) is 2.57. The number of unbranched alkanes of at least 4 members (excludes halogenated alkanes) is 16. The van der Waals surface area contributed by atoms with E-state index in [1.165, 1.54) is 109 Å². The van der Waals surface area contributed by atoms with Crippen molar-refractivity contribution in [2.45, 2.75) is 122 Å². The Bertz CT molecular complexity index is 222. The van der Waals surface area contributed by atoms with Crippen LogP contribution in [0, 0.1) is 0 Å². The molecule has 0 fully saturated rings. The molecule has 23 heavy (non-hydrogen) atoms. The van der Waals surface area contributed by atoms with Crippen LogP contribution in [0.4, 0.5) is 0 Å². The van der Waals surface area contributed by atoms with Crippen molar-refractivity contribution < 1.29 is 0 Å². The van der Waals surface area contributed by atoms with Crippen LogP contribution in [0.25, 0.3) is 0 Å². The molecular formula is C22H45N. The third kappa shape index (κ3) is 21.7. The van der Waals surface area contributed by atoms with Gasteiger partial charge < -0.3 is 5.73 Å². The minimum Gasteiger partial charge on any atom is -0.330 e. The first-order valence-corrected chi connectivity index (χ1v) is 10.8. The summed E-state index contributed by atoms with van der Waals surface area (Å²) in [4.78, 5) is 0. The molecule has 0 unspecified atom stereocenters. The summed E-state index contributed by atoms with van der Waals surface area (Å²) >= 11 is 0. The van der Waals surface area contributed by atoms with Gasteiger partial charge in [0.15, 0.2) is 0 Å². The fourth-order valence-corrected chi connectivity index (χ4v) is 3.14. The van der Waals surface area contributed by atoms with E-state index >= 15 is 0 Å². The van der Waals surface area contributed by atoms with Crippen LogP contribution in [0.3, 0.4) is 0 Å². The van der Waals surface area contributed by atoms with Crippen LogP contribution in [-0.4, -0.2) is 6.54 Å². The normalized spacial score (nSPS) is 11.6. The second kappa shape index (κ2) is 21.7. The van der Waals surface area contributed by atoms with E-state index in [4.69, 9.17) is 5.73 Å². The molecule has 0 saturated carbocycles. The minimum atomic E-state index is 0.787. The Balaban J connectivity index is 2.97. The molecule has 0 amide bonds. The smallest absolute Gasteiger partial charge is 0.00426 e. The Kier molecular flexibility index (Phi) is 21.4. The lowest BCUT2D eigenvalue weighted by atomic mass is 10.0. The molecule has 0 saturated heterocycles. The maximum Gasteiger partial charge on any atom is -0.00426 e. The SMILES string of the molecule is CCCCCCCCCCCCCCCCCCC=CCCN. The van der Waals surface area contributed by atoms with Crippen LogP contribution in [0.15, 0.2) is 12.2 Å². The Labute approximate surface area is 147 Å². The first-order valence-electron chi connectivity index (χ1n) is 10.8. The minimum absolute atomic E-state index is 0.787. The highest BCUT2D eigenvalue weighted by Crippen LogP contribution is 2.14. The highest BCUT2D eigenvalue weighted by molar-refractivity contribution is 4.81. The van der Waals surface area contributed by atoms with E-state index in [1.54, 1.807) is 0 Å². The molecule has 0 aliphatic heterocycles. The fourth-order valence-electron chi connectivity index (χ4n) is 3.14. The van der Waals surface area contributed by atoms with Gasteiger partial charge in [0.25, 0.3) is 0 Å². The molecule has 1 nitrogen and oxygen atoms in total. The van der Waals surface area contributed by atoms with Gasteiger partial charge in [-0.25, -0.2) is 0 Å². The lowest BCUT2D eigenvalue weighted by molar-refractivity contribution is 0.530. The summed E-state index contributed by atoms with van der Waals surface area (Å²) in [6.07, 6.45) is 30.0. The summed E-state index contributed by atoms with van der Waals surface area (Å²) in [6, 6.07) is 0. The highest BCUT2D eigenvalue weighted by Gasteiger charge is 1.94. The first kappa shape index (κ1) is 22.7. The van der Waals surface area contributed by atoms with Crippen LogP contribution in [0.2, 0.25) is 0 Å². The Hall–Kier alpha value is -0.300.